The molecule has 0 fully saturated rings. The Morgan fingerprint density at radius 3 is 2.14 bits per heavy atom. The van der Waals surface area contributed by atoms with Gasteiger partial charge < -0.3 is 14.6 Å². The van der Waals surface area contributed by atoms with Gasteiger partial charge in [0.25, 0.3) is 0 Å². The summed E-state index contributed by atoms with van der Waals surface area (Å²) in [6, 6.07) is 23.3. The first-order chi connectivity index (χ1) is 13.6. The maximum atomic E-state index is 12.5. The van der Waals surface area contributed by atoms with Gasteiger partial charge in [0.15, 0.2) is 11.4 Å². The average molecular weight is 371 g/mol. The van der Waals surface area contributed by atoms with Gasteiger partial charge in [-0.25, -0.2) is 9.78 Å². The third-order valence-corrected chi connectivity index (χ3v) is 4.27. The summed E-state index contributed by atoms with van der Waals surface area (Å²) >= 11 is 0. The molecule has 1 N–H and O–H groups in total. The highest BCUT2D eigenvalue weighted by Gasteiger charge is 2.20. The summed E-state index contributed by atoms with van der Waals surface area (Å²) in [5.41, 5.74) is 0.469. The SMILES string of the molecule is Cc1nc(C(=O)Oc2ccccc2)c(O)c2ccc(Oc3ccccc3)cc12. The van der Waals surface area contributed by atoms with E-state index in [1.54, 1.807) is 49.4 Å². The molecule has 138 valence electrons. The predicted octanol–water partition coefficient (Wildman–Crippen LogP) is 5.26. The number of carbonyl (C=O) groups excluding carboxylic acids is 1. The van der Waals surface area contributed by atoms with Crippen LogP contribution in [0.5, 0.6) is 23.0 Å². The van der Waals surface area contributed by atoms with Crippen molar-refractivity contribution in [3.05, 3.63) is 90.3 Å². The van der Waals surface area contributed by atoms with E-state index in [0.717, 1.165) is 0 Å². The number of para-hydroxylation sites is 2. The van der Waals surface area contributed by atoms with Gasteiger partial charge in [0.1, 0.15) is 17.2 Å². The number of carbonyl (C=O) groups is 1. The topological polar surface area (TPSA) is 68.7 Å². The minimum Gasteiger partial charge on any atom is -0.505 e. The summed E-state index contributed by atoms with van der Waals surface area (Å²) in [5.74, 6) is 0.784. The molecule has 4 aromatic rings. The van der Waals surface area contributed by atoms with Gasteiger partial charge in [-0.05, 0) is 49.4 Å². The third kappa shape index (κ3) is 3.50. The maximum absolute atomic E-state index is 12.5. The van der Waals surface area contributed by atoms with Crippen molar-refractivity contribution in [1.29, 1.82) is 0 Å². The van der Waals surface area contributed by atoms with Gasteiger partial charge in [0.2, 0.25) is 0 Å². The van der Waals surface area contributed by atoms with Gasteiger partial charge in [-0.15, -0.1) is 0 Å². The Morgan fingerprint density at radius 2 is 1.46 bits per heavy atom. The molecule has 0 atom stereocenters. The lowest BCUT2D eigenvalue weighted by atomic mass is 10.1. The van der Waals surface area contributed by atoms with E-state index < -0.39 is 5.97 Å². The highest BCUT2D eigenvalue weighted by atomic mass is 16.5. The predicted molar refractivity (Wildman–Crippen MR) is 106 cm³/mol. The molecule has 0 saturated carbocycles. The fraction of sp³-hybridized carbons (Fsp3) is 0.0435. The molecule has 0 aliphatic carbocycles. The summed E-state index contributed by atoms with van der Waals surface area (Å²) in [5, 5.41) is 11.8. The first kappa shape index (κ1) is 17.5. The van der Waals surface area contributed by atoms with Crippen molar-refractivity contribution in [2.45, 2.75) is 6.92 Å². The van der Waals surface area contributed by atoms with E-state index in [2.05, 4.69) is 4.98 Å². The molecule has 3 aromatic carbocycles. The lowest BCUT2D eigenvalue weighted by Gasteiger charge is -2.12. The highest BCUT2D eigenvalue weighted by molar-refractivity contribution is 6.01. The van der Waals surface area contributed by atoms with Crippen LogP contribution in [0.25, 0.3) is 10.8 Å². The lowest BCUT2D eigenvalue weighted by molar-refractivity contribution is 0.0725. The van der Waals surface area contributed by atoms with Crippen LogP contribution in [-0.2, 0) is 0 Å². The van der Waals surface area contributed by atoms with Gasteiger partial charge in [0.05, 0.1) is 0 Å². The molecule has 0 bridgehead atoms. The van der Waals surface area contributed by atoms with Crippen molar-refractivity contribution in [2.75, 3.05) is 0 Å². The molecule has 4 rings (SSSR count). The number of fused-ring (bicyclic) bond motifs is 1. The average Bonchev–Trinajstić information content (AvgIpc) is 2.72. The minimum absolute atomic E-state index is 0.120. The molecule has 0 unspecified atom stereocenters. The lowest BCUT2D eigenvalue weighted by Crippen LogP contribution is -2.12. The third-order valence-electron chi connectivity index (χ3n) is 4.27. The number of benzene rings is 3. The number of nitrogens with zero attached hydrogens (tertiary/aromatic N) is 1. The van der Waals surface area contributed by atoms with Gasteiger partial charge in [-0.2, -0.15) is 0 Å². The van der Waals surface area contributed by atoms with Crippen molar-refractivity contribution < 1.29 is 19.4 Å². The molecule has 1 heterocycles. The number of hydrogen-bond acceptors (Lipinski definition) is 5. The Labute approximate surface area is 161 Å². The van der Waals surface area contributed by atoms with E-state index in [1.807, 2.05) is 36.4 Å². The normalized spacial score (nSPS) is 10.6. The molecule has 0 radical (unpaired) electrons. The Balaban J connectivity index is 1.68. The van der Waals surface area contributed by atoms with Gasteiger partial charge in [0, 0.05) is 16.5 Å². The van der Waals surface area contributed by atoms with Crippen LogP contribution in [0.4, 0.5) is 0 Å². The van der Waals surface area contributed by atoms with Crippen molar-refractivity contribution in [3.63, 3.8) is 0 Å². The van der Waals surface area contributed by atoms with Crippen LogP contribution >= 0.6 is 0 Å². The van der Waals surface area contributed by atoms with Gasteiger partial charge >= 0.3 is 5.97 Å². The van der Waals surface area contributed by atoms with E-state index in [9.17, 15) is 9.90 Å². The molecule has 5 nitrogen and oxygen atoms in total. The number of aromatic nitrogens is 1. The first-order valence-electron chi connectivity index (χ1n) is 8.75. The Kier molecular flexibility index (Phi) is 4.64. The fourth-order valence-corrected chi connectivity index (χ4v) is 2.91. The maximum Gasteiger partial charge on any atom is 0.366 e. The number of aryl methyl sites for hydroxylation is 1. The number of esters is 1. The second-order valence-corrected chi connectivity index (χ2v) is 6.22. The standard InChI is InChI=1S/C23H17NO4/c1-15-20-14-18(27-16-8-4-2-5-9-16)12-13-19(20)22(25)21(24-15)23(26)28-17-10-6-3-7-11-17/h2-14,25H,1H3. The van der Waals surface area contributed by atoms with E-state index in [4.69, 9.17) is 9.47 Å². The van der Waals surface area contributed by atoms with Crippen molar-refractivity contribution >= 4 is 16.7 Å². The molecule has 0 spiro atoms. The van der Waals surface area contributed by atoms with Crippen LogP contribution in [0.1, 0.15) is 16.2 Å². The molecule has 0 aliphatic heterocycles. The Morgan fingerprint density at radius 1 is 0.821 bits per heavy atom. The quantitative estimate of drug-likeness (QED) is 0.391. The van der Waals surface area contributed by atoms with Crippen LogP contribution in [0.2, 0.25) is 0 Å². The van der Waals surface area contributed by atoms with E-state index in [0.29, 0.717) is 33.7 Å². The van der Waals surface area contributed by atoms with Gasteiger partial charge in [-0.3, -0.25) is 0 Å². The molecular weight excluding hydrogens is 354 g/mol. The van der Waals surface area contributed by atoms with Crippen molar-refractivity contribution in [2.24, 2.45) is 0 Å². The van der Waals surface area contributed by atoms with Crippen LogP contribution in [0.3, 0.4) is 0 Å². The summed E-state index contributed by atoms with van der Waals surface area (Å²) in [7, 11) is 0. The van der Waals surface area contributed by atoms with Crippen LogP contribution < -0.4 is 9.47 Å². The second kappa shape index (κ2) is 7.40. The van der Waals surface area contributed by atoms with E-state index in [1.165, 1.54) is 0 Å². The first-order valence-corrected chi connectivity index (χ1v) is 8.75. The smallest absolute Gasteiger partial charge is 0.366 e. The van der Waals surface area contributed by atoms with Crippen LogP contribution in [0.15, 0.2) is 78.9 Å². The Bertz CT molecular complexity index is 1140. The summed E-state index contributed by atoms with van der Waals surface area (Å²) in [6.07, 6.45) is 0. The van der Waals surface area contributed by atoms with E-state index in [-0.39, 0.29) is 11.4 Å². The summed E-state index contributed by atoms with van der Waals surface area (Å²) in [6.45, 7) is 1.77. The number of pyridine rings is 1. The molecule has 1 aromatic heterocycles. The summed E-state index contributed by atoms with van der Waals surface area (Å²) < 4.78 is 11.1. The highest BCUT2D eigenvalue weighted by Crippen LogP contribution is 2.34. The Hall–Kier alpha value is -3.86. The van der Waals surface area contributed by atoms with Crippen LogP contribution in [0, 0.1) is 6.92 Å². The molecule has 0 saturated heterocycles. The van der Waals surface area contributed by atoms with Crippen LogP contribution in [-0.4, -0.2) is 16.1 Å². The van der Waals surface area contributed by atoms with Crippen molar-refractivity contribution in [3.8, 4) is 23.0 Å². The molecule has 28 heavy (non-hydrogen) atoms. The number of aromatic hydroxyl groups is 1. The molecule has 0 aliphatic rings. The fourth-order valence-electron chi connectivity index (χ4n) is 2.91. The number of ether oxygens (including phenoxy) is 2. The zero-order chi connectivity index (χ0) is 19.5. The minimum atomic E-state index is -0.710. The zero-order valence-corrected chi connectivity index (χ0v) is 15.1. The molecular formula is C23H17NO4. The van der Waals surface area contributed by atoms with Crippen molar-refractivity contribution in [1.82, 2.24) is 4.98 Å². The van der Waals surface area contributed by atoms with E-state index >= 15 is 0 Å². The number of rotatable bonds is 4. The zero-order valence-electron chi connectivity index (χ0n) is 15.1. The monoisotopic (exact) mass is 371 g/mol. The summed E-state index contributed by atoms with van der Waals surface area (Å²) in [4.78, 5) is 16.7. The molecule has 0 amide bonds. The van der Waals surface area contributed by atoms with Gasteiger partial charge in [-0.1, -0.05) is 36.4 Å². The second-order valence-electron chi connectivity index (χ2n) is 6.22. The number of hydrogen-bond donors (Lipinski definition) is 1. The molecule has 5 heteroatoms. The largest absolute Gasteiger partial charge is 0.505 e.